The monoisotopic (exact) mass is 218 g/mol. The Balaban J connectivity index is 2.39. The standard InChI is InChI=1S/C9H6N4OS/c14-9-7-8(10-4-11-9)13(5-12-7)6-2-1-3-15-6/h1-5H,(H,10,11,14). The molecule has 0 amide bonds. The number of imidazole rings is 1. The molecule has 0 saturated carbocycles. The van der Waals surface area contributed by atoms with E-state index in [1.165, 1.54) is 6.33 Å². The molecule has 6 heteroatoms. The maximum atomic E-state index is 11.4. The minimum atomic E-state index is -0.213. The number of hydrogen-bond donors (Lipinski definition) is 1. The lowest BCUT2D eigenvalue weighted by atomic mass is 10.5. The van der Waals surface area contributed by atoms with Crippen LogP contribution in [0.15, 0.2) is 35.0 Å². The van der Waals surface area contributed by atoms with Gasteiger partial charge in [0.25, 0.3) is 5.56 Å². The summed E-state index contributed by atoms with van der Waals surface area (Å²) >= 11 is 1.57. The Bertz CT molecular complexity index is 652. The number of rotatable bonds is 1. The van der Waals surface area contributed by atoms with Crippen LogP contribution in [0.5, 0.6) is 0 Å². The minimum absolute atomic E-state index is 0.213. The van der Waals surface area contributed by atoms with Crippen molar-refractivity contribution in [2.75, 3.05) is 0 Å². The zero-order valence-corrected chi connectivity index (χ0v) is 8.36. The molecule has 0 aliphatic carbocycles. The molecule has 3 rings (SSSR count). The Kier molecular flexibility index (Phi) is 1.69. The number of fused-ring (bicyclic) bond motifs is 1. The Morgan fingerprint density at radius 2 is 2.33 bits per heavy atom. The maximum Gasteiger partial charge on any atom is 0.278 e. The van der Waals surface area contributed by atoms with Crippen LogP contribution >= 0.6 is 11.3 Å². The molecule has 3 aromatic heterocycles. The fourth-order valence-electron chi connectivity index (χ4n) is 1.41. The smallest absolute Gasteiger partial charge is 0.278 e. The lowest BCUT2D eigenvalue weighted by Crippen LogP contribution is -2.06. The van der Waals surface area contributed by atoms with Gasteiger partial charge in [-0.05, 0) is 17.5 Å². The van der Waals surface area contributed by atoms with E-state index in [2.05, 4.69) is 15.0 Å². The topological polar surface area (TPSA) is 63.6 Å². The van der Waals surface area contributed by atoms with Gasteiger partial charge in [0, 0.05) is 0 Å². The highest BCUT2D eigenvalue weighted by molar-refractivity contribution is 7.12. The second kappa shape index (κ2) is 3.03. The van der Waals surface area contributed by atoms with E-state index in [0.717, 1.165) is 5.00 Å². The van der Waals surface area contributed by atoms with Gasteiger partial charge in [0.15, 0.2) is 11.2 Å². The van der Waals surface area contributed by atoms with E-state index in [1.54, 1.807) is 22.2 Å². The summed E-state index contributed by atoms with van der Waals surface area (Å²) in [7, 11) is 0. The summed E-state index contributed by atoms with van der Waals surface area (Å²) in [5, 5.41) is 2.96. The third-order valence-corrected chi connectivity index (χ3v) is 2.95. The van der Waals surface area contributed by atoms with E-state index in [0.29, 0.717) is 11.2 Å². The minimum Gasteiger partial charge on any atom is -0.311 e. The Morgan fingerprint density at radius 1 is 1.40 bits per heavy atom. The highest BCUT2D eigenvalue weighted by Gasteiger charge is 2.08. The molecule has 0 atom stereocenters. The van der Waals surface area contributed by atoms with Crippen LogP contribution < -0.4 is 5.56 Å². The van der Waals surface area contributed by atoms with Gasteiger partial charge in [-0.3, -0.25) is 9.36 Å². The first kappa shape index (κ1) is 8.37. The van der Waals surface area contributed by atoms with Crippen molar-refractivity contribution in [3.8, 4) is 5.00 Å². The zero-order chi connectivity index (χ0) is 10.3. The first-order chi connectivity index (χ1) is 7.36. The second-order valence-corrected chi connectivity index (χ2v) is 3.90. The summed E-state index contributed by atoms with van der Waals surface area (Å²) in [6, 6.07) is 3.90. The molecule has 74 valence electrons. The molecule has 1 N–H and O–H groups in total. The first-order valence-corrected chi connectivity index (χ1v) is 5.19. The molecule has 3 aromatic rings. The SMILES string of the molecule is O=c1[nH]cnc2c1ncn2-c1cccs1. The highest BCUT2D eigenvalue weighted by atomic mass is 32.1. The fraction of sp³-hybridized carbons (Fsp3) is 0. The maximum absolute atomic E-state index is 11.4. The summed E-state index contributed by atoms with van der Waals surface area (Å²) in [5.41, 5.74) is 0.738. The molecular formula is C9H6N4OS. The number of hydrogen-bond acceptors (Lipinski definition) is 4. The third kappa shape index (κ3) is 1.18. The van der Waals surface area contributed by atoms with E-state index in [-0.39, 0.29) is 5.56 Å². The van der Waals surface area contributed by atoms with Crippen molar-refractivity contribution >= 4 is 22.5 Å². The van der Waals surface area contributed by atoms with Gasteiger partial charge in [-0.1, -0.05) is 0 Å². The quantitative estimate of drug-likeness (QED) is 0.666. The summed E-state index contributed by atoms with van der Waals surface area (Å²) in [6.45, 7) is 0. The van der Waals surface area contributed by atoms with Crippen molar-refractivity contribution in [2.24, 2.45) is 0 Å². The molecule has 0 fully saturated rings. The van der Waals surface area contributed by atoms with Gasteiger partial charge >= 0.3 is 0 Å². The van der Waals surface area contributed by atoms with Crippen molar-refractivity contribution in [3.05, 3.63) is 40.5 Å². The summed E-state index contributed by atoms with van der Waals surface area (Å²) in [4.78, 5) is 22.0. The van der Waals surface area contributed by atoms with Crippen LogP contribution in [-0.2, 0) is 0 Å². The fourth-order valence-corrected chi connectivity index (χ4v) is 2.12. The third-order valence-electron chi connectivity index (χ3n) is 2.08. The van der Waals surface area contributed by atoms with Crippen molar-refractivity contribution in [2.45, 2.75) is 0 Å². The van der Waals surface area contributed by atoms with Gasteiger partial charge in [-0.25, -0.2) is 9.97 Å². The van der Waals surface area contributed by atoms with Gasteiger partial charge in [0.2, 0.25) is 0 Å². The van der Waals surface area contributed by atoms with Gasteiger partial charge in [-0.15, -0.1) is 11.3 Å². The molecule has 0 spiro atoms. The number of H-pyrrole nitrogens is 1. The van der Waals surface area contributed by atoms with Crippen LogP contribution in [-0.4, -0.2) is 19.5 Å². The molecular weight excluding hydrogens is 212 g/mol. The molecule has 0 bridgehead atoms. The molecule has 0 saturated heterocycles. The summed E-state index contributed by atoms with van der Waals surface area (Å²) in [5.74, 6) is 0. The number of nitrogens with zero attached hydrogens (tertiary/aromatic N) is 3. The highest BCUT2D eigenvalue weighted by Crippen LogP contribution is 2.18. The number of nitrogens with one attached hydrogen (secondary N) is 1. The average molecular weight is 218 g/mol. The van der Waals surface area contributed by atoms with Crippen LogP contribution in [0.2, 0.25) is 0 Å². The molecule has 0 aromatic carbocycles. The molecule has 0 radical (unpaired) electrons. The Morgan fingerprint density at radius 3 is 3.13 bits per heavy atom. The van der Waals surface area contributed by atoms with Crippen molar-refractivity contribution in [1.29, 1.82) is 0 Å². The predicted octanol–water partition coefficient (Wildman–Crippen LogP) is 1.17. The molecule has 5 nitrogen and oxygen atoms in total. The van der Waals surface area contributed by atoms with Gasteiger partial charge in [0.1, 0.15) is 11.3 Å². The lowest BCUT2D eigenvalue weighted by Gasteiger charge is -1.96. The van der Waals surface area contributed by atoms with E-state index >= 15 is 0 Å². The first-order valence-electron chi connectivity index (χ1n) is 4.31. The summed E-state index contributed by atoms with van der Waals surface area (Å²) < 4.78 is 1.80. The van der Waals surface area contributed by atoms with Crippen LogP contribution in [0.25, 0.3) is 16.2 Å². The second-order valence-electron chi connectivity index (χ2n) is 2.97. The van der Waals surface area contributed by atoms with E-state index < -0.39 is 0 Å². The normalized spacial score (nSPS) is 10.9. The van der Waals surface area contributed by atoms with Crippen molar-refractivity contribution in [1.82, 2.24) is 19.5 Å². The summed E-state index contributed by atoms with van der Waals surface area (Å²) in [6.07, 6.45) is 3.00. The van der Waals surface area contributed by atoms with Crippen LogP contribution in [0.3, 0.4) is 0 Å². The molecule has 0 aliphatic rings. The molecule has 3 heterocycles. The van der Waals surface area contributed by atoms with Crippen molar-refractivity contribution < 1.29 is 0 Å². The van der Waals surface area contributed by atoms with Gasteiger partial charge in [-0.2, -0.15) is 0 Å². The number of thiophene rings is 1. The molecule has 0 aliphatic heterocycles. The van der Waals surface area contributed by atoms with E-state index in [9.17, 15) is 4.79 Å². The number of aromatic amines is 1. The lowest BCUT2D eigenvalue weighted by molar-refractivity contribution is 1.08. The molecule has 15 heavy (non-hydrogen) atoms. The largest absolute Gasteiger partial charge is 0.311 e. The Labute approximate surface area is 88.1 Å². The van der Waals surface area contributed by atoms with Gasteiger partial charge < -0.3 is 4.98 Å². The van der Waals surface area contributed by atoms with E-state index in [4.69, 9.17) is 0 Å². The van der Waals surface area contributed by atoms with Gasteiger partial charge in [0.05, 0.1) is 6.33 Å². The number of aromatic nitrogens is 4. The average Bonchev–Trinajstić information content (AvgIpc) is 2.85. The predicted molar refractivity (Wildman–Crippen MR) is 57.4 cm³/mol. The zero-order valence-electron chi connectivity index (χ0n) is 7.54. The Hall–Kier alpha value is -1.95. The molecule has 0 unspecified atom stereocenters. The van der Waals surface area contributed by atoms with Crippen LogP contribution in [0, 0.1) is 0 Å². The van der Waals surface area contributed by atoms with Crippen LogP contribution in [0.1, 0.15) is 0 Å². The van der Waals surface area contributed by atoms with Crippen molar-refractivity contribution in [3.63, 3.8) is 0 Å². The van der Waals surface area contributed by atoms with E-state index in [1.807, 2.05) is 17.5 Å². The van der Waals surface area contributed by atoms with Crippen LogP contribution in [0.4, 0.5) is 0 Å².